The molecule has 0 aliphatic carbocycles. The summed E-state index contributed by atoms with van der Waals surface area (Å²) in [5.74, 6) is -13.4. The molecule has 2 N–H and O–H groups in total. The number of sulfonamides is 1. The van der Waals surface area contributed by atoms with E-state index in [1.165, 1.54) is 0 Å². The minimum Gasteiger partial charge on any atom is -0.486 e. The van der Waals surface area contributed by atoms with E-state index in [1.807, 2.05) is 0 Å². The van der Waals surface area contributed by atoms with Gasteiger partial charge < -0.3 is 4.74 Å². The fourth-order valence-corrected chi connectivity index (χ4v) is 1.29. The first-order valence-electron chi connectivity index (χ1n) is 4.30. The van der Waals surface area contributed by atoms with E-state index in [0.717, 1.165) is 0 Å². The predicted molar refractivity (Wildman–Crippen MR) is 49.7 cm³/mol. The van der Waals surface area contributed by atoms with Gasteiger partial charge in [0.25, 0.3) is 0 Å². The molecule has 0 saturated carbocycles. The van der Waals surface area contributed by atoms with Gasteiger partial charge in [-0.2, -0.15) is 8.78 Å². The molecular formula is C8H6F5NO3S. The van der Waals surface area contributed by atoms with Crippen LogP contribution in [0.5, 0.6) is 5.75 Å². The van der Waals surface area contributed by atoms with Gasteiger partial charge >= 0.3 is 0 Å². The third-order valence-electron chi connectivity index (χ3n) is 1.78. The molecule has 10 heteroatoms. The van der Waals surface area contributed by atoms with Gasteiger partial charge in [-0.25, -0.2) is 26.7 Å². The quantitative estimate of drug-likeness (QED) is 0.512. The van der Waals surface area contributed by atoms with E-state index >= 15 is 0 Å². The number of hydrogen-bond acceptors (Lipinski definition) is 3. The largest absolute Gasteiger partial charge is 0.486 e. The summed E-state index contributed by atoms with van der Waals surface area (Å²) in [4.78, 5) is 0. The molecule has 0 unspecified atom stereocenters. The van der Waals surface area contributed by atoms with Crippen molar-refractivity contribution in [3.05, 3.63) is 29.1 Å². The van der Waals surface area contributed by atoms with Crippen molar-refractivity contribution in [3.8, 4) is 5.75 Å². The predicted octanol–water partition coefficient (Wildman–Crippen LogP) is 1.05. The first-order valence-corrected chi connectivity index (χ1v) is 6.01. The highest BCUT2D eigenvalue weighted by Crippen LogP contribution is 2.28. The number of halogens is 5. The van der Waals surface area contributed by atoms with E-state index in [4.69, 9.17) is 0 Å². The number of nitrogens with two attached hydrogens (primary N) is 1. The summed E-state index contributed by atoms with van der Waals surface area (Å²) in [7, 11) is -3.98. The molecule has 0 fully saturated rings. The van der Waals surface area contributed by atoms with Gasteiger partial charge in [-0.15, -0.1) is 0 Å². The molecule has 0 heterocycles. The highest BCUT2D eigenvalue weighted by Gasteiger charge is 2.27. The first-order chi connectivity index (χ1) is 8.15. The molecule has 1 aromatic rings. The van der Waals surface area contributed by atoms with Crippen LogP contribution in [-0.4, -0.2) is 20.8 Å². The van der Waals surface area contributed by atoms with Gasteiger partial charge in [0.15, 0.2) is 5.75 Å². The molecule has 0 aliphatic rings. The van der Waals surface area contributed by atoms with E-state index in [9.17, 15) is 30.4 Å². The Bertz CT molecular complexity index is 546. The molecule has 4 nitrogen and oxygen atoms in total. The molecular weight excluding hydrogens is 285 g/mol. The molecule has 0 bridgehead atoms. The minimum atomic E-state index is -3.98. The summed E-state index contributed by atoms with van der Waals surface area (Å²) in [6.07, 6.45) is 0. The third-order valence-corrected chi connectivity index (χ3v) is 2.52. The van der Waals surface area contributed by atoms with Crippen molar-refractivity contribution < 1.29 is 35.1 Å². The molecule has 1 aromatic carbocycles. The normalized spacial score (nSPS) is 11.7. The zero-order valence-electron chi connectivity index (χ0n) is 8.51. The van der Waals surface area contributed by atoms with Crippen molar-refractivity contribution in [1.29, 1.82) is 0 Å². The minimum absolute atomic E-state index is 0.841. The van der Waals surface area contributed by atoms with Gasteiger partial charge in [-0.05, 0) is 0 Å². The Hall–Kier alpha value is -1.42. The van der Waals surface area contributed by atoms with Gasteiger partial charge in [-0.3, -0.25) is 0 Å². The van der Waals surface area contributed by atoms with Crippen LogP contribution in [0.3, 0.4) is 0 Å². The summed E-state index contributed by atoms with van der Waals surface area (Å²) in [6, 6.07) is 0. The second-order valence-electron chi connectivity index (χ2n) is 3.11. The molecule has 0 atom stereocenters. The van der Waals surface area contributed by atoms with Crippen molar-refractivity contribution in [2.75, 3.05) is 12.4 Å². The molecule has 0 aliphatic heterocycles. The summed E-state index contributed by atoms with van der Waals surface area (Å²) >= 11 is 0. The zero-order chi connectivity index (χ0) is 14.1. The van der Waals surface area contributed by atoms with Crippen molar-refractivity contribution in [2.45, 2.75) is 0 Å². The molecule has 0 amide bonds. The van der Waals surface area contributed by atoms with E-state index in [2.05, 4.69) is 9.88 Å². The maximum absolute atomic E-state index is 13.0. The molecule has 102 valence electrons. The zero-order valence-corrected chi connectivity index (χ0v) is 9.33. The Morgan fingerprint density at radius 1 is 0.889 bits per heavy atom. The Kier molecular flexibility index (Phi) is 4.12. The topological polar surface area (TPSA) is 69.4 Å². The summed E-state index contributed by atoms with van der Waals surface area (Å²) in [5, 5.41) is 4.56. The van der Waals surface area contributed by atoms with Crippen LogP contribution in [0, 0.1) is 29.1 Å². The lowest BCUT2D eigenvalue weighted by Gasteiger charge is -2.09. The molecule has 18 heavy (non-hydrogen) atoms. The molecule has 0 aromatic heterocycles. The van der Waals surface area contributed by atoms with Crippen LogP contribution in [0.4, 0.5) is 22.0 Å². The van der Waals surface area contributed by atoms with Crippen molar-refractivity contribution in [3.63, 3.8) is 0 Å². The van der Waals surface area contributed by atoms with Crippen molar-refractivity contribution in [1.82, 2.24) is 0 Å². The monoisotopic (exact) mass is 291 g/mol. The highest BCUT2D eigenvalue weighted by molar-refractivity contribution is 7.89. The van der Waals surface area contributed by atoms with Crippen LogP contribution in [0.1, 0.15) is 0 Å². The number of ether oxygens (including phenoxy) is 1. The van der Waals surface area contributed by atoms with Gasteiger partial charge in [0.1, 0.15) is 6.61 Å². The van der Waals surface area contributed by atoms with Crippen LogP contribution < -0.4 is 9.88 Å². The Morgan fingerprint density at radius 2 is 1.28 bits per heavy atom. The Balaban J connectivity index is 3.03. The summed E-state index contributed by atoms with van der Waals surface area (Å²) in [5.41, 5.74) is 0. The molecule has 0 spiro atoms. The van der Waals surface area contributed by atoms with E-state index in [0.29, 0.717) is 0 Å². The van der Waals surface area contributed by atoms with Crippen LogP contribution in [-0.2, 0) is 10.0 Å². The first kappa shape index (κ1) is 14.6. The van der Waals surface area contributed by atoms with E-state index < -0.39 is 57.2 Å². The van der Waals surface area contributed by atoms with Crippen LogP contribution in [0.25, 0.3) is 0 Å². The summed E-state index contributed by atoms with van der Waals surface area (Å²) in [6.45, 7) is -0.850. The van der Waals surface area contributed by atoms with Gasteiger partial charge in [-0.1, -0.05) is 0 Å². The van der Waals surface area contributed by atoms with Crippen molar-refractivity contribution in [2.24, 2.45) is 5.14 Å². The highest BCUT2D eigenvalue weighted by atomic mass is 32.2. The van der Waals surface area contributed by atoms with Crippen LogP contribution in [0.15, 0.2) is 0 Å². The second kappa shape index (κ2) is 5.06. The fourth-order valence-electron chi connectivity index (χ4n) is 0.971. The lowest BCUT2D eigenvalue weighted by Crippen LogP contribution is -2.22. The van der Waals surface area contributed by atoms with Gasteiger partial charge in [0.2, 0.25) is 39.1 Å². The van der Waals surface area contributed by atoms with Crippen molar-refractivity contribution >= 4 is 10.0 Å². The lowest BCUT2D eigenvalue weighted by molar-refractivity contribution is 0.276. The summed E-state index contributed by atoms with van der Waals surface area (Å²) < 4.78 is 89.1. The number of hydrogen-bond donors (Lipinski definition) is 1. The average Bonchev–Trinajstić information content (AvgIpc) is 2.27. The Morgan fingerprint density at radius 3 is 1.67 bits per heavy atom. The fraction of sp³-hybridized carbons (Fsp3) is 0.250. The maximum atomic E-state index is 13.0. The van der Waals surface area contributed by atoms with Crippen LogP contribution in [0.2, 0.25) is 0 Å². The Labute approximate surface area is 98.2 Å². The van der Waals surface area contributed by atoms with E-state index in [-0.39, 0.29) is 0 Å². The number of primary sulfonamides is 1. The molecule has 1 rings (SSSR count). The average molecular weight is 291 g/mol. The van der Waals surface area contributed by atoms with Gasteiger partial charge in [0, 0.05) is 0 Å². The smallest absolute Gasteiger partial charge is 0.212 e. The van der Waals surface area contributed by atoms with Gasteiger partial charge in [0.05, 0.1) is 5.75 Å². The van der Waals surface area contributed by atoms with Crippen LogP contribution >= 0.6 is 0 Å². The number of rotatable bonds is 4. The lowest BCUT2D eigenvalue weighted by atomic mass is 10.2. The SMILES string of the molecule is NS(=O)(=O)CCOc1c(F)c(F)c(F)c(F)c1F. The molecule has 0 saturated heterocycles. The van der Waals surface area contributed by atoms with E-state index in [1.54, 1.807) is 0 Å². The third kappa shape index (κ3) is 3.07. The maximum Gasteiger partial charge on any atom is 0.212 e. The second-order valence-corrected chi connectivity index (χ2v) is 4.85. The standard InChI is InChI=1S/C8H6F5NO3S/c9-3-4(10)6(12)8(7(13)5(3)11)17-1-2-18(14,15)16/h1-2H2,(H2,14,15,16). The number of benzene rings is 1. The molecule has 0 radical (unpaired) electrons.